The van der Waals surface area contributed by atoms with E-state index < -0.39 is 65.9 Å². The average Bonchev–Trinajstić information content (AvgIpc) is 2.45. The number of allylic oxidation sites excluding steroid dienone is 1. The topological polar surface area (TPSA) is 144 Å². The molecule has 12 heteroatoms. The first kappa shape index (κ1) is 24.6. The zero-order valence-corrected chi connectivity index (χ0v) is 19.6. The molecule has 146 valence electrons. The van der Waals surface area contributed by atoms with Gasteiger partial charge in [0.15, 0.2) is 17.3 Å². The second kappa shape index (κ2) is 8.13. The van der Waals surface area contributed by atoms with Crippen molar-refractivity contribution in [3.8, 4) is 0 Å². The Kier molecular flexibility index (Phi) is 7.41. The molecule has 0 aromatic carbocycles. The number of carbonyl (C=O) groups is 3. The van der Waals surface area contributed by atoms with E-state index in [-0.39, 0.29) is 40.8 Å². The molecule has 0 radical (unpaired) electrons. The first-order valence-electron chi connectivity index (χ1n) is 7.68. The first-order valence-corrected chi connectivity index (χ1v) is 10.7. The molecule has 0 aromatic rings. The van der Waals surface area contributed by atoms with Crippen LogP contribution in [-0.2, 0) is 40.1 Å². The van der Waals surface area contributed by atoms with Crippen LogP contribution in [0.25, 0.3) is 0 Å². The molecular formula is C15H20NNaO8S2. The summed E-state index contributed by atoms with van der Waals surface area (Å²) in [6.07, 6.45) is -1.33. The van der Waals surface area contributed by atoms with Crippen LogP contribution in [0.15, 0.2) is 11.3 Å². The van der Waals surface area contributed by atoms with Gasteiger partial charge in [0, 0.05) is 18.1 Å². The largest absolute Gasteiger partial charge is 1.00 e. The van der Waals surface area contributed by atoms with E-state index in [0.29, 0.717) is 0 Å². The molecule has 1 amide bonds. The van der Waals surface area contributed by atoms with E-state index in [9.17, 15) is 32.5 Å². The van der Waals surface area contributed by atoms with Crippen molar-refractivity contribution in [3.63, 3.8) is 0 Å². The summed E-state index contributed by atoms with van der Waals surface area (Å²) >= 11 is -2.38. The molecule has 2 aliphatic heterocycles. The molecule has 27 heavy (non-hydrogen) atoms. The van der Waals surface area contributed by atoms with Crippen molar-refractivity contribution >= 4 is 38.7 Å². The van der Waals surface area contributed by atoms with Gasteiger partial charge < -0.3 is 19.2 Å². The molecule has 2 unspecified atom stereocenters. The maximum atomic E-state index is 12.9. The monoisotopic (exact) mass is 429 g/mol. The number of carbonyl (C=O) groups excluding carboxylic acids is 3. The molecule has 0 spiro atoms. The Bertz CT molecular complexity index is 801. The quantitative estimate of drug-likeness (QED) is 0.241. The maximum absolute atomic E-state index is 12.9. The van der Waals surface area contributed by atoms with Crippen molar-refractivity contribution in [1.29, 1.82) is 0 Å². The average molecular weight is 429 g/mol. The summed E-state index contributed by atoms with van der Waals surface area (Å²) in [6, 6.07) is 0. The SMILES string of the molecule is CO[C@H]1C(=O)N2C(C(=O)C(C)(C)C)=C(C)C([S+]([O-])CC(=O)[O-])S(=O)(=O)[C@@H]12.[Na+]. The van der Waals surface area contributed by atoms with Crippen molar-refractivity contribution in [1.82, 2.24) is 4.90 Å². The molecule has 0 bridgehead atoms. The summed E-state index contributed by atoms with van der Waals surface area (Å²) in [5.74, 6) is -3.87. The Balaban J connectivity index is 0.00000364. The zero-order valence-electron chi connectivity index (χ0n) is 16.0. The minimum atomic E-state index is -4.29. The fourth-order valence-electron chi connectivity index (χ4n) is 3.07. The Morgan fingerprint density at radius 3 is 2.22 bits per heavy atom. The summed E-state index contributed by atoms with van der Waals surface area (Å²) in [5, 5.41) is 9.29. The van der Waals surface area contributed by atoms with Crippen LogP contribution in [0.5, 0.6) is 0 Å². The Morgan fingerprint density at radius 2 is 1.81 bits per heavy atom. The molecule has 0 aliphatic carbocycles. The van der Waals surface area contributed by atoms with Gasteiger partial charge in [0.25, 0.3) is 5.91 Å². The molecule has 9 nitrogen and oxygen atoms in total. The number of carboxylic acids is 1. The van der Waals surface area contributed by atoms with E-state index in [1.165, 1.54) is 6.92 Å². The second-order valence-electron chi connectivity index (χ2n) is 7.18. The smallest absolute Gasteiger partial charge is 0.615 e. The zero-order chi connectivity index (χ0) is 20.2. The van der Waals surface area contributed by atoms with E-state index in [2.05, 4.69) is 0 Å². The molecule has 2 rings (SSSR count). The second-order valence-corrected chi connectivity index (χ2v) is 11.1. The number of carboxylic acid groups (broad SMARTS) is 1. The summed E-state index contributed by atoms with van der Waals surface area (Å²) in [4.78, 5) is 36.8. The number of hydrogen-bond donors (Lipinski definition) is 0. The Hall–Kier alpha value is -0.430. The van der Waals surface area contributed by atoms with Crippen LogP contribution in [0.3, 0.4) is 0 Å². The Labute approximate surface area is 182 Å². The van der Waals surface area contributed by atoms with E-state index in [1.54, 1.807) is 20.8 Å². The van der Waals surface area contributed by atoms with Gasteiger partial charge >= 0.3 is 29.6 Å². The number of ether oxygens (including phenoxy) is 1. The number of nitrogens with zero attached hydrogens (tertiary/aromatic N) is 1. The molecule has 2 heterocycles. The number of fused-ring (bicyclic) bond motifs is 1. The number of hydrogen-bond acceptors (Lipinski definition) is 8. The predicted molar refractivity (Wildman–Crippen MR) is 89.3 cm³/mol. The fraction of sp³-hybridized carbons (Fsp3) is 0.667. The van der Waals surface area contributed by atoms with Gasteiger partial charge in [-0.1, -0.05) is 20.8 Å². The fourth-order valence-corrected chi connectivity index (χ4v) is 7.63. The number of amides is 1. The van der Waals surface area contributed by atoms with Crippen molar-refractivity contribution < 1.29 is 66.8 Å². The third-order valence-electron chi connectivity index (χ3n) is 4.25. The van der Waals surface area contributed by atoms with Gasteiger partial charge in [-0.15, -0.1) is 0 Å². The van der Waals surface area contributed by atoms with Crippen LogP contribution >= 0.6 is 0 Å². The maximum Gasteiger partial charge on any atom is 1.00 e. The molecule has 0 saturated carbocycles. The van der Waals surface area contributed by atoms with Gasteiger partial charge in [-0.2, -0.15) is 0 Å². The van der Waals surface area contributed by atoms with Crippen LogP contribution in [0.2, 0.25) is 0 Å². The van der Waals surface area contributed by atoms with Gasteiger partial charge in [0.05, 0.1) is 11.7 Å². The van der Waals surface area contributed by atoms with E-state index >= 15 is 0 Å². The molecule has 2 aliphatic rings. The van der Waals surface area contributed by atoms with E-state index in [1.807, 2.05) is 0 Å². The molecule has 1 fully saturated rings. The van der Waals surface area contributed by atoms with E-state index in [0.717, 1.165) is 12.0 Å². The minimum Gasteiger partial charge on any atom is -0.615 e. The van der Waals surface area contributed by atoms with Crippen molar-refractivity contribution in [2.45, 2.75) is 43.8 Å². The first-order chi connectivity index (χ1) is 11.8. The van der Waals surface area contributed by atoms with Crippen molar-refractivity contribution in [3.05, 3.63) is 11.3 Å². The van der Waals surface area contributed by atoms with Gasteiger partial charge in [0.2, 0.25) is 14.4 Å². The van der Waals surface area contributed by atoms with Crippen LogP contribution in [-0.4, -0.2) is 64.5 Å². The summed E-state index contributed by atoms with van der Waals surface area (Å²) < 4.78 is 41.5. The molecule has 0 N–H and O–H groups in total. The Morgan fingerprint density at radius 1 is 1.30 bits per heavy atom. The van der Waals surface area contributed by atoms with E-state index in [4.69, 9.17) is 4.74 Å². The number of rotatable bonds is 5. The van der Waals surface area contributed by atoms with Crippen LogP contribution in [0, 0.1) is 5.41 Å². The number of sulfone groups is 1. The van der Waals surface area contributed by atoms with Gasteiger partial charge in [0.1, 0.15) is 5.75 Å². The molecular weight excluding hydrogens is 409 g/mol. The summed E-state index contributed by atoms with van der Waals surface area (Å²) in [5.41, 5.74) is -1.21. The minimum absolute atomic E-state index is 0. The predicted octanol–water partition coefficient (Wildman–Crippen LogP) is -4.68. The third kappa shape index (κ3) is 4.00. The molecule has 4 atom stereocenters. The van der Waals surface area contributed by atoms with Crippen molar-refractivity contribution in [2.24, 2.45) is 5.41 Å². The van der Waals surface area contributed by atoms with Gasteiger partial charge in [-0.3, -0.25) is 14.5 Å². The summed E-state index contributed by atoms with van der Waals surface area (Å²) in [7, 11) is -3.13. The van der Waals surface area contributed by atoms with Gasteiger partial charge in [-0.25, -0.2) is 8.42 Å². The van der Waals surface area contributed by atoms with Gasteiger partial charge in [-0.05, 0) is 18.1 Å². The molecule has 1 saturated heterocycles. The normalized spacial score (nSPS) is 28.0. The van der Waals surface area contributed by atoms with Crippen LogP contribution in [0.1, 0.15) is 27.7 Å². The van der Waals surface area contributed by atoms with Crippen LogP contribution in [0.4, 0.5) is 0 Å². The number of ketones is 1. The summed E-state index contributed by atoms with van der Waals surface area (Å²) in [6.45, 7) is 6.06. The number of Topliss-reactive ketones (excluding diaryl/α,β-unsaturated/α-hetero) is 1. The number of β-lactam (4-membered cyclic amide) rings is 1. The number of methoxy groups -OCH3 is 1. The number of aliphatic carboxylic acids is 1. The third-order valence-corrected chi connectivity index (χ3v) is 9.13. The van der Waals surface area contributed by atoms with Crippen LogP contribution < -0.4 is 34.7 Å². The molecule has 0 aromatic heterocycles. The van der Waals surface area contributed by atoms with Crippen molar-refractivity contribution in [2.75, 3.05) is 12.9 Å². The standard InChI is InChI=1S/C15H21NO8S2.Na/c1-7-9(11(19)15(2,3)4)16-12(20)10(24-5)13(16)26(22,23)14(7)25(21)6-8(17)18;/h10,13-14H,6H2,1-5H3,(H,17,18);/q;+1/p-1/t10-,13-,14?,25?;/m0./s1.